The first-order valence-electron chi connectivity index (χ1n) is 5.13. The molecule has 1 atom stereocenters. The Labute approximate surface area is 92.7 Å². The number of halogens is 1. The second-order valence-electron chi connectivity index (χ2n) is 3.52. The molecule has 5 heteroatoms. The Morgan fingerprint density at radius 1 is 1.38 bits per heavy atom. The molecule has 0 radical (unpaired) electrons. The van der Waals surface area contributed by atoms with E-state index in [1.54, 1.807) is 12.1 Å². The molecule has 0 bridgehead atoms. The average molecular weight is 220 g/mol. The number of rotatable bonds is 3. The molecule has 16 heavy (non-hydrogen) atoms. The summed E-state index contributed by atoms with van der Waals surface area (Å²) in [4.78, 5) is 4.24. The molecule has 0 saturated heterocycles. The van der Waals surface area contributed by atoms with E-state index in [4.69, 9.17) is 5.73 Å². The predicted octanol–water partition coefficient (Wildman–Crippen LogP) is 1.55. The van der Waals surface area contributed by atoms with Crippen LogP contribution >= 0.6 is 0 Å². The molecule has 0 amide bonds. The summed E-state index contributed by atoms with van der Waals surface area (Å²) in [5.74, 6) is 1.05. The van der Waals surface area contributed by atoms with Gasteiger partial charge in [0.25, 0.3) is 0 Å². The molecule has 4 nitrogen and oxygen atoms in total. The van der Waals surface area contributed by atoms with E-state index in [2.05, 4.69) is 15.2 Å². The van der Waals surface area contributed by atoms with Crippen molar-refractivity contribution in [1.29, 1.82) is 0 Å². The molecule has 0 aliphatic rings. The molecule has 0 saturated carbocycles. The fourth-order valence-electron chi connectivity index (χ4n) is 1.43. The minimum absolute atomic E-state index is 0.278. The minimum atomic E-state index is -0.419. The van der Waals surface area contributed by atoms with Crippen molar-refractivity contribution in [2.45, 2.75) is 19.4 Å². The molecule has 84 valence electrons. The zero-order chi connectivity index (χ0) is 11.5. The summed E-state index contributed by atoms with van der Waals surface area (Å²) in [5, 5.41) is 6.83. The normalized spacial score (nSPS) is 12.7. The van der Waals surface area contributed by atoms with Gasteiger partial charge in [0.15, 0.2) is 5.82 Å². The summed E-state index contributed by atoms with van der Waals surface area (Å²) in [5.41, 5.74) is 6.76. The summed E-state index contributed by atoms with van der Waals surface area (Å²) in [6, 6.07) is 5.62. The fourth-order valence-corrected chi connectivity index (χ4v) is 1.43. The average Bonchev–Trinajstić information content (AvgIpc) is 2.77. The first-order chi connectivity index (χ1) is 7.70. The minimum Gasteiger partial charge on any atom is -0.318 e. The number of hydrogen-bond donors (Lipinski definition) is 2. The highest BCUT2D eigenvalue weighted by Crippen LogP contribution is 2.16. The molecule has 1 heterocycles. The Morgan fingerprint density at radius 2 is 2.06 bits per heavy atom. The number of benzene rings is 1. The predicted molar refractivity (Wildman–Crippen MR) is 58.2 cm³/mol. The van der Waals surface area contributed by atoms with Gasteiger partial charge >= 0.3 is 0 Å². The number of nitrogens with zero attached hydrogens (tertiary/aromatic N) is 2. The van der Waals surface area contributed by atoms with Crippen LogP contribution in [0.25, 0.3) is 0 Å². The summed E-state index contributed by atoms with van der Waals surface area (Å²) in [6.45, 7) is 1.98. The van der Waals surface area contributed by atoms with Crippen molar-refractivity contribution in [3.05, 3.63) is 47.3 Å². The third kappa shape index (κ3) is 2.09. The van der Waals surface area contributed by atoms with Gasteiger partial charge in [-0.3, -0.25) is 5.10 Å². The SMILES string of the molecule is CCc1nc(C(N)c2ccc(F)cc2)n[nH]1. The lowest BCUT2D eigenvalue weighted by Crippen LogP contribution is -2.13. The highest BCUT2D eigenvalue weighted by molar-refractivity contribution is 5.24. The lowest BCUT2D eigenvalue weighted by Gasteiger charge is -2.07. The van der Waals surface area contributed by atoms with Crippen LogP contribution in [0.15, 0.2) is 24.3 Å². The van der Waals surface area contributed by atoms with Crippen LogP contribution in [0.4, 0.5) is 4.39 Å². The number of aromatic amines is 1. The number of nitrogens with two attached hydrogens (primary N) is 1. The highest BCUT2D eigenvalue weighted by atomic mass is 19.1. The number of aryl methyl sites for hydroxylation is 1. The Balaban J connectivity index is 2.24. The van der Waals surface area contributed by atoms with E-state index < -0.39 is 6.04 Å². The largest absolute Gasteiger partial charge is 0.318 e. The van der Waals surface area contributed by atoms with Gasteiger partial charge in [-0.2, -0.15) is 5.10 Å². The Bertz CT molecular complexity index is 463. The second kappa shape index (κ2) is 4.40. The quantitative estimate of drug-likeness (QED) is 0.824. The van der Waals surface area contributed by atoms with E-state index in [-0.39, 0.29) is 5.82 Å². The van der Waals surface area contributed by atoms with Crippen molar-refractivity contribution in [2.75, 3.05) is 0 Å². The summed E-state index contributed by atoms with van der Waals surface area (Å²) in [6.07, 6.45) is 0.781. The van der Waals surface area contributed by atoms with Crippen LogP contribution in [-0.4, -0.2) is 15.2 Å². The molecule has 1 aromatic heterocycles. The van der Waals surface area contributed by atoms with E-state index >= 15 is 0 Å². The molecule has 3 N–H and O–H groups in total. The molecular weight excluding hydrogens is 207 g/mol. The summed E-state index contributed by atoms with van der Waals surface area (Å²) >= 11 is 0. The van der Waals surface area contributed by atoms with Crippen molar-refractivity contribution < 1.29 is 4.39 Å². The van der Waals surface area contributed by atoms with E-state index in [0.717, 1.165) is 17.8 Å². The van der Waals surface area contributed by atoms with Crippen LogP contribution in [0.3, 0.4) is 0 Å². The third-order valence-electron chi connectivity index (χ3n) is 2.39. The lowest BCUT2D eigenvalue weighted by atomic mass is 10.1. The van der Waals surface area contributed by atoms with Crippen LogP contribution < -0.4 is 5.73 Å². The van der Waals surface area contributed by atoms with Crippen LogP contribution in [0.5, 0.6) is 0 Å². The first-order valence-corrected chi connectivity index (χ1v) is 5.13. The van der Waals surface area contributed by atoms with Crippen molar-refractivity contribution in [3.63, 3.8) is 0 Å². The van der Waals surface area contributed by atoms with Crippen molar-refractivity contribution in [2.24, 2.45) is 5.73 Å². The first kappa shape index (κ1) is 10.8. The molecule has 2 rings (SSSR count). The molecular formula is C11H13FN4. The van der Waals surface area contributed by atoms with Gasteiger partial charge in [0.1, 0.15) is 11.6 Å². The van der Waals surface area contributed by atoms with E-state index in [0.29, 0.717) is 5.82 Å². The van der Waals surface area contributed by atoms with E-state index in [1.807, 2.05) is 6.92 Å². The number of nitrogens with one attached hydrogen (secondary N) is 1. The monoisotopic (exact) mass is 220 g/mol. The standard InChI is InChI=1S/C11H13FN4/c1-2-9-14-11(16-15-9)10(13)7-3-5-8(12)6-4-7/h3-6,10H,2,13H2,1H3,(H,14,15,16). The maximum absolute atomic E-state index is 12.7. The lowest BCUT2D eigenvalue weighted by molar-refractivity contribution is 0.626. The smallest absolute Gasteiger partial charge is 0.171 e. The maximum atomic E-state index is 12.7. The van der Waals surface area contributed by atoms with E-state index in [9.17, 15) is 4.39 Å². The second-order valence-corrected chi connectivity index (χ2v) is 3.52. The molecule has 1 aromatic carbocycles. The van der Waals surface area contributed by atoms with Crippen LogP contribution in [0.1, 0.15) is 30.2 Å². The summed E-state index contributed by atoms with van der Waals surface area (Å²) < 4.78 is 12.7. The van der Waals surface area contributed by atoms with Gasteiger partial charge in [-0.05, 0) is 17.7 Å². The Kier molecular flexibility index (Phi) is 2.96. The zero-order valence-corrected chi connectivity index (χ0v) is 8.94. The van der Waals surface area contributed by atoms with Gasteiger partial charge < -0.3 is 5.73 Å². The number of H-pyrrole nitrogens is 1. The van der Waals surface area contributed by atoms with Gasteiger partial charge in [0.2, 0.25) is 0 Å². The molecule has 0 aliphatic heterocycles. The highest BCUT2D eigenvalue weighted by Gasteiger charge is 2.13. The molecule has 2 aromatic rings. The topological polar surface area (TPSA) is 67.6 Å². The van der Waals surface area contributed by atoms with Crippen molar-refractivity contribution >= 4 is 0 Å². The Hall–Kier alpha value is -1.75. The molecule has 0 spiro atoms. The van der Waals surface area contributed by atoms with E-state index in [1.165, 1.54) is 12.1 Å². The molecule has 1 unspecified atom stereocenters. The fraction of sp³-hybridized carbons (Fsp3) is 0.273. The Morgan fingerprint density at radius 3 is 2.62 bits per heavy atom. The van der Waals surface area contributed by atoms with Gasteiger partial charge in [-0.25, -0.2) is 9.37 Å². The van der Waals surface area contributed by atoms with Crippen molar-refractivity contribution in [1.82, 2.24) is 15.2 Å². The van der Waals surface area contributed by atoms with Gasteiger partial charge in [-0.15, -0.1) is 0 Å². The van der Waals surface area contributed by atoms with Crippen LogP contribution in [-0.2, 0) is 6.42 Å². The molecule has 0 aliphatic carbocycles. The van der Waals surface area contributed by atoms with Gasteiger partial charge in [-0.1, -0.05) is 19.1 Å². The molecule has 0 fully saturated rings. The zero-order valence-electron chi connectivity index (χ0n) is 8.94. The number of hydrogen-bond acceptors (Lipinski definition) is 3. The van der Waals surface area contributed by atoms with Crippen LogP contribution in [0.2, 0.25) is 0 Å². The van der Waals surface area contributed by atoms with Crippen molar-refractivity contribution in [3.8, 4) is 0 Å². The summed E-state index contributed by atoms with van der Waals surface area (Å²) in [7, 11) is 0. The van der Waals surface area contributed by atoms with Crippen LogP contribution in [0, 0.1) is 5.82 Å². The van der Waals surface area contributed by atoms with Gasteiger partial charge in [0.05, 0.1) is 6.04 Å². The number of aromatic nitrogens is 3. The maximum Gasteiger partial charge on any atom is 0.171 e. The third-order valence-corrected chi connectivity index (χ3v) is 2.39. The van der Waals surface area contributed by atoms with Gasteiger partial charge in [0, 0.05) is 6.42 Å².